The third-order valence-electron chi connectivity index (χ3n) is 9.47. The molecule has 7 aromatic carbocycles. The zero-order chi connectivity index (χ0) is 29.8. The molecule has 2 nitrogen and oxygen atoms in total. The molecule has 1 N–H and O–H groups in total. The van der Waals surface area contributed by atoms with Gasteiger partial charge in [-0.05, 0) is 51.1 Å². The minimum atomic E-state index is -2.66. The second-order valence-electron chi connectivity index (χ2n) is 11.8. The number of hydrogen-bond acceptors (Lipinski definition) is 0. The maximum absolute atomic E-state index is 3.77. The maximum Gasteiger partial charge on any atom is 0.179 e. The van der Waals surface area contributed by atoms with Crippen LogP contribution < -0.4 is 20.7 Å². The van der Waals surface area contributed by atoms with Gasteiger partial charge in [-0.3, -0.25) is 0 Å². The minimum Gasteiger partial charge on any atom is -0.354 e. The Labute approximate surface area is 262 Å². The molecular formula is C42H30N2Si. The Morgan fingerprint density at radius 3 is 1.62 bits per heavy atom. The minimum absolute atomic E-state index is 1.17. The third-order valence-corrected chi connectivity index (χ3v) is 14.2. The van der Waals surface area contributed by atoms with E-state index in [2.05, 4.69) is 185 Å². The van der Waals surface area contributed by atoms with E-state index in [0.717, 1.165) is 0 Å². The number of nitrogens with one attached hydrogen (secondary N) is 1. The van der Waals surface area contributed by atoms with Crippen molar-refractivity contribution in [3.8, 4) is 5.69 Å². The molecule has 2 heterocycles. The predicted octanol–water partition coefficient (Wildman–Crippen LogP) is 7.80. The molecule has 0 spiro atoms. The van der Waals surface area contributed by atoms with Gasteiger partial charge in [0.1, 0.15) is 0 Å². The average Bonchev–Trinajstić information content (AvgIpc) is 3.66. The molecule has 0 saturated carbocycles. The van der Waals surface area contributed by atoms with E-state index in [0.29, 0.717) is 0 Å². The Kier molecular flexibility index (Phi) is 5.87. The molecule has 0 radical (unpaired) electrons. The summed E-state index contributed by atoms with van der Waals surface area (Å²) in [5.74, 6) is 0. The Bertz CT molecular complexity index is 2380. The van der Waals surface area contributed by atoms with Crippen molar-refractivity contribution in [2.24, 2.45) is 0 Å². The van der Waals surface area contributed by atoms with Crippen LogP contribution in [0.3, 0.4) is 0 Å². The summed E-state index contributed by atoms with van der Waals surface area (Å²) in [7, 11) is -2.66. The van der Waals surface area contributed by atoms with Crippen molar-refractivity contribution in [1.29, 1.82) is 0 Å². The second kappa shape index (κ2) is 10.2. The van der Waals surface area contributed by atoms with Crippen molar-refractivity contribution in [2.45, 2.75) is 0 Å². The first kappa shape index (κ1) is 25.8. The molecule has 9 aromatic rings. The molecule has 0 bridgehead atoms. The van der Waals surface area contributed by atoms with E-state index in [1.807, 2.05) is 0 Å². The molecule has 45 heavy (non-hydrogen) atoms. The number of aromatic amines is 1. The fourth-order valence-corrected chi connectivity index (χ4v) is 12.4. The molecule has 0 aliphatic rings. The summed E-state index contributed by atoms with van der Waals surface area (Å²) in [4.78, 5) is 3.77. The van der Waals surface area contributed by atoms with Crippen LogP contribution >= 0.6 is 0 Å². The lowest BCUT2D eigenvalue weighted by atomic mass is 10.1. The standard InChI is InChI=1S/C42H30N2Si/c1-4-16-31(17-5-1)45(32-18-6-2-7-19-32,33-20-8-3-9-21-33)34-22-14-15-30(29-34)44-39-26-13-11-24-37(39)41-40(44)28-27-36-35-23-10-12-25-38(35)43-42(36)41/h1-29,43H. The van der Waals surface area contributed by atoms with E-state index in [1.54, 1.807) is 0 Å². The Balaban J connectivity index is 1.37. The van der Waals surface area contributed by atoms with Crippen LogP contribution in [0.5, 0.6) is 0 Å². The van der Waals surface area contributed by atoms with E-state index >= 15 is 0 Å². The summed E-state index contributed by atoms with van der Waals surface area (Å²) in [6, 6.07) is 64.8. The summed E-state index contributed by atoms with van der Waals surface area (Å²) in [5.41, 5.74) is 5.96. The number of para-hydroxylation sites is 2. The molecule has 0 aliphatic carbocycles. The van der Waals surface area contributed by atoms with Crippen molar-refractivity contribution in [1.82, 2.24) is 9.55 Å². The predicted molar refractivity (Wildman–Crippen MR) is 194 cm³/mol. The topological polar surface area (TPSA) is 20.7 Å². The van der Waals surface area contributed by atoms with Gasteiger partial charge in [-0.15, -0.1) is 0 Å². The normalized spacial score (nSPS) is 12.0. The highest BCUT2D eigenvalue weighted by Crippen LogP contribution is 2.38. The molecule has 212 valence electrons. The highest BCUT2D eigenvalue weighted by Gasteiger charge is 2.41. The third kappa shape index (κ3) is 3.81. The molecule has 0 fully saturated rings. The number of rotatable bonds is 5. The van der Waals surface area contributed by atoms with Gasteiger partial charge < -0.3 is 9.55 Å². The van der Waals surface area contributed by atoms with Gasteiger partial charge in [0.15, 0.2) is 8.07 Å². The van der Waals surface area contributed by atoms with E-state index < -0.39 is 8.07 Å². The second-order valence-corrected chi connectivity index (χ2v) is 15.6. The molecule has 0 unspecified atom stereocenters. The monoisotopic (exact) mass is 590 g/mol. The molecule has 2 aromatic heterocycles. The first-order valence-corrected chi connectivity index (χ1v) is 17.5. The van der Waals surface area contributed by atoms with Crippen LogP contribution in [-0.4, -0.2) is 17.6 Å². The first-order chi connectivity index (χ1) is 22.3. The molecular weight excluding hydrogens is 561 g/mol. The number of benzene rings is 7. The fourth-order valence-electron chi connectivity index (χ4n) is 7.60. The van der Waals surface area contributed by atoms with Gasteiger partial charge >= 0.3 is 0 Å². The molecule has 9 rings (SSSR count). The summed E-state index contributed by atoms with van der Waals surface area (Å²) < 4.78 is 2.46. The van der Waals surface area contributed by atoms with Crippen LogP contribution in [0.1, 0.15) is 0 Å². The van der Waals surface area contributed by atoms with Crippen LogP contribution in [0.15, 0.2) is 176 Å². The van der Waals surface area contributed by atoms with E-state index in [4.69, 9.17) is 0 Å². The fraction of sp³-hybridized carbons (Fsp3) is 0. The summed E-state index contributed by atoms with van der Waals surface area (Å²) in [6.07, 6.45) is 0. The number of hydrogen-bond donors (Lipinski definition) is 1. The van der Waals surface area contributed by atoms with Crippen LogP contribution in [0, 0.1) is 0 Å². The molecule has 0 atom stereocenters. The Morgan fingerprint density at radius 2 is 0.956 bits per heavy atom. The van der Waals surface area contributed by atoms with Gasteiger partial charge in [0.2, 0.25) is 0 Å². The Hall–Kier alpha value is -5.64. The summed E-state index contributed by atoms with van der Waals surface area (Å²) in [6.45, 7) is 0. The zero-order valence-corrected chi connectivity index (χ0v) is 25.7. The van der Waals surface area contributed by atoms with Gasteiger partial charge in [-0.2, -0.15) is 0 Å². The van der Waals surface area contributed by atoms with E-state index in [9.17, 15) is 0 Å². The van der Waals surface area contributed by atoms with Gasteiger partial charge in [-0.1, -0.05) is 146 Å². The lowest BCUT2D eigenvalue weighted by molar-refractivity contribution is 1.18. The highest BCUT2D eigenvalue weighted by molar-refractivity contribution is 7.19. The van der Waals surface area contributed by atoms with Crippen LogP contribution in [0.4, 0.5) is 0 Å². The quantitative estimate of drug-likeness (QED) is 0.156. The molecule has 0 aliphatic heterocycles. The number of nitrogens with zero attached hydrogens (tertiary/aromatic N) is 1. The molecule has 3 heteroatoms. The van der Waals surface area contributed by atoms with Crippen LogP contribution in [0.25, 0.3) is 49.3 Å². The SMILES string of the molecule is c1ccc([Si](c2ccccc2)(c2ccccc2)c2cccc(-n3c4ccccc4c4c5[nH]c6ccccc6c5ccc43)c2)cc1. The van der Waals surface area contributed by atoms with E-state index in [-0.39, 0.29) is 0 Å². The van der Waals surface area contributed by atoms with Crippen molar-refractivity contribution in [3.05, 3.63) is 176 Å². The van der Waals surface area contributed by atoms with Crippen molar-refractivity contribution < 1.29 is 0 Å². The average molecular weight is 591 g/mol. The zero-order valence-electron chi connectivity index (χ0n) is 24.7. The Morgan fingerprint density at radius 1 is 0.400 bits per heavy atom. The first-order valence-electron chi connectivity index (χ1n) is 15.5. The number of aromatic nitrogens is 2. The summed E-state index contributed by atoms with van der Waals surface area (Å²) >= 11 is 0. The van der Waals surface area contributed by atoms with Gasteiger partial charge in [0, 0.05) is 32.7 Å². The van der Waals surface area contributed by atoms with Crippen molar-refractivity contribution >= 4 is 72.4 Å². The highest BCUT2D eigenvalue weighted by atomic mass is 28.3. The van der Waals surface area contributed by atoms with Crippen molar-refractivity contribution in [3.63, 3.8) is 0 Å². The van der Waals surface area contributed by atoms with Gasteiger partial charge in [0.05, 0.1) is 16.6 Å². The lowest BCUT2D eigenvalue weighted by Gasteiger charge is -2.34. The number of fused-ring (bicyclic) bond motifs is 7. The van der Waals surface area contributed by atoms with Gasteiger partial charge in [0.25, 0.3) is 0 Å². The lowest BCUT2D eigenvalue weighted by Crippen LogP contribution is -2.74. The van der Waals surface area contributed by atoms with Crippen LogP contribution in [-0.2, 0) is 0 Å². The van der Waals surface area contributed by atoms with Crippen LogP contribution in [0.2, 0.25) is 0 Å². The maximum atomic E-state index is 3.77. The molecule has 0 amide bonds. The number of H-pyrrole nitrogens is 1. The van der Waals surface area contributed by atoms with Gasteiger partial charge in [-0.25, -0.2) is 0 Å². The smallest absolute Gasteiger partial charge is 0.179 e. The largest absolute Gasteiger partial charge is 0.354 e. The van der Waals surface area contributed by atoms with E-state index in [1.165, 1.54) is 70.0 Å². The molecule has 0 saturated heterocycles. The summed E-state index contributed by atoms with van der Waals surface area (Å²) in [5, 5.41) is 10.5. The van der Waals surface area contributed by atoms with Crippen molar-refractivity contribution in [2.75, 3.05) is 0 Å².